The zero-order chi connectivity index (χ0) is 26.8. The number of carboxylic acids is 1. The number of aliphatic imine (C=N–C) groups is 1. The smallest absolute Gasteiger partial charge is 0.338 e. The number of carbonyl (C=O) groups is 2. The number of hydrogen-bond acceptors (Lipinski definition) is 8. The summed E-state index contributed by atoms with van der Waals surface area (Å²) < 4.78 is 48.0. The van der Waals surface area contributed by atoms with E-state index in [0.29, 0.717) is 16.4 Å². The molecular weight excluding hydrogens is 509 g/mol. The summed E-state index contributed by atoms with van der Waals surface area (Å²) in [5, 5.41) is 14.4. The zero-order valence-electron chi connectivity index (χ0n) is 20.1. The first-order valence-electron chi connectivity index (χ1n) is 11.5. The average molecular weight is 535 g/mol. The molecule has 37 heavy (non-hydrogen) atoms. The average Bonchev–Trinajstić information content (AvgIpc) is 3.45. The fourth-order valence-corrected chi connectivity index (χ4v) is 5.13. The highest BCUT2D eigenvalue weighted by atomic mass is 32.1. The van der Waals surface area contributed by atoms with Gasteiger partial charge in [-0.25, -0.2) is 32.7 Å². The van der Waals surface area contributed by atoms with Crippen molar-refractivity contribution in [1.82, 2.24) is 15.2 Å². The number of halogens is 3. The molecule has 4 rings (SSSR count). The number of likely N-dealkylation sites (tertiary alicyclic amines) is 1. The first kappa shape index (κ1) is 26.6. The number of alkyl halides is 2. The van der Waals surface area contributed by atoms with E-state index in [1.54, 1.807) is 25.4 Å². The Morgan fingerprint density at radius 1 is 1.32 bits per heavy atom. The monoisotopic (exact) mass is 534 g/mol. The van der Waals surface area contributed by atoms with Crippen LogP contribution in [-0.2, 0) is 19.9 Å². The molecule has 196 valence electrons. The molecule has 2 aliphatic heterocycles. The Kier molecular flexibility index (Phi) is 7.51. The highest BCUT2D eigenvalue weighted by Crippen LogP contribution is 2.40. The van der Waals surface area contributed by atoms with Crippen LogP contribution in [0.25, 0.3) is 0 Å². The van der Waals surface area contributed by atoms with Gasteiger partial charge < -0.3 is 15.2 Å². The molecule has 2 N–H and O–H groups in total. The van der Waals surface area contributed by atoms with Crippen molar-refractivity contribution in [3.05, 3.63) is 75.7 Å². The van der Waals surface area contributed by atoms with E-state index in [1.165, 1.54) is 46.6 Å². The first-order chi connectivity index (χ1) is 17.5. The third-order valence-electron chi connectivity index (χ3n) is 6.15. The number of nitrogens with zero attached hydrogens (tertiary/aromatic N) is 3. The van der Waals surface area contributed by atoms with Crippen molar-refractivity contribution >= 4 is 29.1 Å². The van der Waals surface area contributed by atoms with E-state index < -0.39 is 48.2 Å². The topological polar surface area (TPSA) is 104 Å². The largest absolute Gasteiger partial charge is 0.478 e. The minimum atomic E-state index is -3.06. The molecule has 2 atom stereocenters. The van der Waals surface area contributed by atoms with Crippen LogP contribution in [-0.4, -0.2) is 64.4 Å². The lowest BCUT2D eigenvalue weighted by Gasteiger charge is -2.36. The van der Waals surface area contributed by atoms with Gasteiger partial charge in [-0.15, -0.1) is 11.3 Å². The molecule has 2 aliphatic rings. The van der Waals surface area contributed by atoms with Crippen molar-refractivity contribution in [3.8, 4) is 0 Å². The summed E-state index contributed by atoms with van der Waals surface area (Å²) in [7, 11) is 0. The maximum absolute atomic E-state index is 14.4. The zero-order valence-corrected chi connectivity index (χ0v) is 20.9. The summed E-state index contributed by atoms with van der Waals surface area (Å²) in [5.41, 5.74) is -0.538. The summed E-state index contributed by atoms with van der Waals surface area (Å²) in [6.07, 6.45) is 3.06. The van der Waals surface area contributed by atoms with E-state index >= 15 is 0 Å². The quantitative estimate of drug-likeness (QED) is 0.393. The van der Waals surface area contributed by atoms with Crippen molar-refractivity contribution in [2.75, 3.05) is 19.7 Å². The molecule has 8 nitrogen and oxygen atoms in total. The number of hydrogen-bond donors (Lipinski definition) is 2. The molecule has 3 heterocycles. The van der Waals surface area contributed by atoms with Gasteiger partial charge in [0.1, 0.15) is 11.4 Å². The van der Waals surface area contributed by atoms with Crippen LogP contribution in [0.2, 0.25) is 0 Å². The number of aliphatic carboxylic acids is 1. The predicted molar refractivity (Wildman–Crippen MR) is 131 cm³/mol. The van der Waals surface area contributed by atoms with Gasteiger partial charge in [0.2, 0.25) is 0 Å². The van der Waals surface area contributed by atoms with E-state index in [1.807, 2.05) is 0 Å². The molecule has 0 radical (unpaired) electrons. The second-order valence-electron chi connectivity index (χ2n) is 8.81. The number of aromatic nitrogens is 1. The molecule has 0 aliphatic carbocycles. The fourth-order valence-electron chi connectivity index (χ4n) is 4.55. The summed E-state index contributed by atoms with van der Waals surface area (Å²) in [6, 6.07) is 4.61. The fraction of sp³-hybridized carbons (Fsp3) is 0.360. The van der Waals surface area contributed by atoms with Gasteiger partial charge in [-0.2, -0.15) is 0 Å². The second kappa shape index (κ2) is 10.5. The van der Waals surface area contributed by atoms with Gasteiger partial charge in [-0.1, -0.05) is 18.2 Å². The molecule has 0 amide bonds. The molecule has 1 unspecified atom stereocenters. The highest BCUT2D eigenvalue weighted by molar-refractivity contribution is 7.11. The van der Waals surface area contributed by atoms with Crippen LogP contribution in [0.3, 0.4) is 0 Å². The van der Waals surface area contributed by atoms with Gasteiger partial charge in [0.25, 0.3) is 5.92 Å². The lowest BCUT2D eigenvalue weighted by atomic mass is 9.82. The van der Waals surface area contributed by atoms with Crippen LogP contribution in [0.1, 0.15) is 30.8 Å². The first-order valence-corrected chi connectivity index (χ1v) is 12.4. The van der Waals surface area contributed by atoms with Gasteiger partial charge in [-0.3, -0.25) is 4.90 Å². The Labute approximate surface area is 215 Å². The van der Waals surface area contributed by atoms with Crippen LogP contribution in [0.5, 0.6) is 0 Å². The van der Waals surface area contributed by atoms with Crippen molar-refractivity contribution in [3.63, 3.8) is 0 Å². The molecule has 1 aromatic heterocycles. The summed E-state index contributed by atoms with van der Waals surface area (Å²) >= 11 is 1.29. The number of thiazole rings is 1. The highest BCUT2D eigenvalue weighted by Gasteiger charge is 2.47. The normalized spacial score (nSPS) is 23.7. The molecule has 1 fully saturated rings. The number of nitrogens with one attached hydrogen (secondary N) is 1. The third-order valence-corrected chi connectivity index (χ3v) is 6.93. The van der Waals surface area contributed by atoms with Crippen LogP contribution in [0.4, 0.5) is 13.2 Å². The molecule has 12 heteroatoms. The number of carboxylic acid groups (broad SMARTS) is 1. The SMILES string of the molecule is CCOC(=O)C1=C(CN2CC(F)(F)CC2/C=C/C(=O)O)NC(c2nccs2)=N[C@@]1(C)c1ccc(F)cc1. The number of benzene rings is 1. The minimum absolute atomic E-state index is 0.0594. The van der Waals surface area contributed by atoms with Crippen LogP contribution < -0.4 is 5.32 Å². The van der Waals surface area contributed by atoms with Gasteiger partial charge in [0, 0.05) is 42.4 Å². The number of amidine groups is 1. The van der Waals surface area contributed by atoms with E-state index in [-0.39, 0.29) is 24.4 Å². The Morgan fingerprint density at radius 2 is 2.05 bits per heavy atom. The lowest BCUT2D eigenvalue weighted by Crippen LogP contribution is -2.45. The Balaban J connectivity index is 1.85. The Bertz CT molecular complexity index is 1260. The van der Waals surface area contributed by atoms with Crippen LogP contribution in [0.15, 0.2) is 64.3 Å². The van der Waals surface area contributed by atoms with Gasteiger partial charge in [0.05, 0.1) is 18.7 Å². The maximum atomic E-state index is 14.4. The van der Waals surface area contributed by atoms with Gasteiger partial charge in [0.15, 0.2) is 10.8 Å². The van der Waals surface area contributed by atoms with Crippen molar-refractivity contribution < 1.29 is 32.6 Å². The molecule has 2 aromatic rings. The van der Waals surface area contributed by atoms with Crippen LogP contribution in [0, 0.1) is 5.82 Å². The predicted octanol–water partition coefficient (Wildman–Crippen LogP) is 3.72. The molecule has 1 aromatic carbocycles. The molecular formula is C25H25F3N4O4S. The molecule has 1 saturated heterocycles. The van der Waals surface area contributed by atoms with Crippen LogP contribution >= 0.6 is 11.3 Å². The summed E-state index contributed by atoms with van der Waals surface area (Å²) in [4.78, 5) is 34.8. The number of ether oxygens (including phenoxy) is 1. The minimum Gasteiger partial charge on any atom is -0.478 e. The van der Waals surface area contributed by atoms with Crippen molar-refractivity contribution in [1.29, 1.82) is 0 Å². The third kappa shape index (κ3) is 5.75. The number of rotatable bonds is 8. The Hall–Kier alpha value is -3.51. The van der Waals surface area contributed by atoms with Crippen molar-refractivity contribution in [2.24, 2.45) is 4.99 Å². The molecule has 0 bridgehead atoms. The number of carbonyl (C=O) groups excluding carboxylic acids is 1. The lowest BCUT2D eigenvalue weighted by molar-refractivity contribution is -0.139. The summed E-state index contributed by atoms with van der Waals surface area (Å²) in [5.74, 6) is -5.17. The van der Waals surface area contributed by atoms with E-state index in [9.17, 15) is 22.8 Å². The van der Waals surface area contributed by atoms with Gasteiger partial charge in [-0.05, 0) is 31.5 Å². The maximum Gasteiger partial charge on any atom is 0.338 e. The van der Waals surface area contributed by atoms with E-state index in [4.69, 9.17) is 14.8 Å². The van der Waals surface area contributed by atoms with E-state index in [0.717, 1.165) is 6.08 Å². The standard InChI is InChI=1S/C25H25F3N4O4S/c1-3-36-23(35)20-18(13-32-14-25(27,28)12-17(32)8-9-19(33)34)30-21(22-29-10-11-37-22)31-24(20,2)15-4-6-16(26)7-5-15/h4-11,17H,3,12-14H2,1-2H3,(H,30,31)(H,33,34)/b9-8+/t17?,24-/m0/s1. The summed E-state index contributed by atoms with van der Waals surface area (Å²) in [6.45, 7) is 2.58. The van der Waals surface area contributed by atoms with Gasteiger partial charge >= 0.3 is 11.9 Å². The second-order valence-corrected chi connectivity index (χ2v) is 9.70. The van der Waals surface area contributed by atoms with E-state index in [2.05, 4.69) is 10.3 Å². The molecule has 0 saturated carbocycles. The number of esters is 1. The molecule has 0 spiro atoms. The van der Waals surface area contributed by atoms with Crippen molar-refractivity contribution in [2.45, 2.75) is 37.8 Å². The Morgan fingerprint density at radius 3 is 2.68 bits per heavy atom.